The van der Waals surface area contributed by atoms with Gasteiger partial charge in [-0.1, -0.05) is 6.07 Å². The molecule has 23 heavy (non-hydrogen) atoms. The molecule has 0 bridgehead atoms. The third-order valence-corrected chi connectivity index (χ3v) is 4.56. The summed E-state index contributed by atoms with van der Waals surface area (Å²) in [5.74, 6) is 0. The number of nitrogens with one attached hydrogen (secondary N) is 1. The molecule has 4 aromatic heterocycles. The fraction of sp³-hybridized carbons (Fsp3) is 0.188. The van der Waals surface area contributed by atoms with E-state index in [0.29, 0.717) is 0 Å². The van der Waals surface area contributed by atoms with Gasteiger partial charge < -0.3 is 5.32 Å². The molecular formula is C16H16N6S. The van der Waals surface area contributed by atoms with Crippen LogP contribution in [0.3, 0.4) is 0 Å². The highest BCUT2D eigenvalue weighted by atomic mass is 32.1. The van der Waals surface area contributed by atoms with Crippen LogP contribution in [0.4, 0.5) is 0 Å². The Kier molecular flexibility index (Phi) is 3.64. The highest BCUT2D eigenvalue weighted by molar-refractivity contribution is 7.13. The number of pyridine rings is 1. The Morgan fingerprint density at radius 2 is 2.17 bits per heavy atom. The zero-order chi connectivity index (χ0) is 15.6. The van der Waals surface area contributed by atoms with Gasteiger partial charge in [-0.25, -0.2) is 9.50 Å². The summed E-state index contributed by atoms with van der Waals surface area (Å²) in [6, 6.07) is 6.04. The van der Waals surface area contributed by atoms with Crippen molar-refractivity contribution in [2.24, 2.45) is 0 Å². The molecule has 0 aliphatic rings. The Balaban J connectivity index is 1.65. The van der Waals surface area contributed by atoms with E-state index in [1.165, 1.54) is 0 Å². The molecule has 0 aliphatic carbocycles. The minimum atomic E-state index is 0.849. The monoisotopic (exact) mass is 324 g/mol. The Morgan fingerprint density at radius 1 is 1.22 bits per heavy atom. The minimum Gasteiger partial charge on any atom is -0.318 e. The number of hydrogen-bond acceptors (Lipinski definition) is 5. The van der Waals surface area contributed by atoms with E-state index in [1.54, 1.807) is 11.3 Å². The van der Waals surface area contributed by atoms with Crippen molar-refractivity contribution in [2.75, 3.05) is 13.6 Å². The van der Waals surface area contributed by atoms with Crippen molar-refractivity contribution in [2.45, 2.75) is 6.54 Å². The molecule has 0 atom stereocenters. The second-order valence-electron chi connectivity index (χ2n) is 5.22. The molecular weight excluding hydrogens is 308 g/mol. The van der Waals surface area contributed by atoms with E-state index in [-0.39, 0.29) is 0 Å². The van der Waals surface area contributed by atoms with Gasteiger partial charge >= 0.3 is 0 Å². The van der Waals surface area contributed by atoms with Gasteiger partial charge in [0.25, 0.3) is 0 Å². The van der Waals surface area contributed by atoms with E-state index in [1.807, 2.05) is 53.2 Å². The summed E-state index contributed by atoms with van der Waals surface area (Å²) in [5.41, 5.74) is 4.12. The molecule has 0 radical (unpaired) electrons. The number of hydrogen-bond donors (Lipinski definition) is 1. The molecule has 0 saturated heterocycles. The maximum Gasteiger partial charge on any atom is 0.127 e. The molecule has 0 amide bonds. The number of rotatable bonds is 5. The van der Waals surface area contributed by atoms with Gasteiger partial charge in [0.1, 0.15) is 5.01 Å². The first-order valence-corrected chi connectivity index (χ1v) is 8.29. The van der Waals surface area contributed by atoms with E-state index in [0.717, 1.165) is 40.4 Å². The highest BCUT2D eigenvalue weighted by Gasteiger charge is 2.12. The van der Waals surface area contributed by atoms with Gasteiger partial charge in [0.05, 0.1) is 35.7 Å². The quantitative estimate of drug-likeness (QED) is 0.613. The predicted molar refractivity (Wildman–Crippen MR) is 91.4 cm³/mol. The molecule has 116 valence electrons. The van der Waals surface area contributed by atoms with E-state index in [2.05, 4.69) is 27.0 Å². The Morgan fingerprint density at radius 3 is 3.09 bits per heavy atom. The summed E-state index contributed by atoms with van der Waals surface area (Å²) in [5, 5.41) is 14.9. The number of nitrogens with zero attached hydrogens (tertiary/aromatic N) is 5. The van der Waals surface area contributed by atoms with Gasteiger partial charge in [-0.3, -0.25) is 4.68 Å². The fourth-order valence-electron chi connectivity index (χ4n) is 2.47. The van der Waals surface area contributed by atoms with Crippen LogP contribution in [-0.2, 0) is 6.54 Å². The van der Waals surface area contributed by atoms with Gasteiger partial charge in [-0.2, -0.15) is 10.2 Å². The zero-order valence-corrected chi connectivity index (χ0v) is 13.5. The van der Waals surface area contributed by atoms with Crippen LogP contribution in [0, 0.1) is 0 Å². The van der Waals surface area contributed by atoms with Gasteiger partial charge in [0.2, 0.25) is 0 Å². The average Bonchev–Trinajstić information content (AvgIpc) is 3.30. The summed E-state index contributed by atoms with van der Waals surface area (Å²) in [6.07, 6.45) is 7.71. The predicted octanol–water partition coefficient (Wildman–Crippen LogP) is 2.54. The van der Waals surface area contributed by atoms with Gasteiger partial charge in [-0.05, 0) is 19.2 Å². The van der Waals surface area contributed by atoms with Crippen LogP contribution >= 0.6 is 11.3 Å². The van der Waals surface area contributed by atoms with Crippen LogP contribution in [0.1, 0.15) is 0 Å². The van der Waals surface area contributed by atoms with E-state index < -0.39 is 0 Å². The van der Waals surface area contributed by atoms with Crippen molar-refractivity contribution in [1.82, 2.24) is 29.7 Å². The maximum absolute atomic E-state index is 4.76. The molecule has 0 aromatic carbocycles. The van der Waals surface area contributed by atoms with Crippen LogP contribution in [0.2, 0.25) is 0 Å². The molecule has 0 unspecified atom stereocenters. The van der Waals surface area contributed by atoms with Crippen LogP contribution in [-0.4, -0.2) is 38.0 Å². The summed E-state index contributed by atoms with van der Waals surface area (Å²) < 4.78 is 3.80. The Labute approximate surface area is 137 Å². The highest BCUT2D eigenvalue weighted by Crippen LogP contribution is 2.31. The fourth-order valence-corrected chi connectivity index (χ4v) is 3.32. The van der Waals surface area contributed by atoms with Crippen molar-refractivity contribution in [3.05, 3.63) is 48.4 Å². The lowest BCUT2D eigenvalue weighted by Crippen LogP contribution is -2.14. The van der Waals surface area contributed by atoms with Crippen LogP contribution < -0.4 is 5.32 Å². The van der Waals surface area contributed by atoms with Crippen molar-refractivity contribution in [3.8, 4) is 21.8 Å². The molecule has 7 heteroatoms. The number of likely N-dealkylation sites (N-methyl/N-ethyl adjacent to an activating group) is 1. The SMILES string of the molecule is CNCCn1cc(-c2csc(-c3cnn4ccccc34)n2)cn1. The molecule has 4 rings (SSSR count). The van der Waals surface area contributed by atoms with E-state index in [9.17, 15) is 0 Å². The normalized spacial score (nSPS) is 11.3. The lowest BCUT2D eigenvalue weighted by Gasteiger charge is -1.98. The van der Waals surface area contributed by atoms with Crippen LogP contribution in [0.25, 0.3) is 27.3 Å². The summed E-state index contributed by atoms with van der Waals surface area (Å²) in [6.45, 7) is 1.74. The number of fused-ring (bicyclic) bond motifs is 1. The van der Waals surface area contributed by atoms with Crippen molar-refractivity contribution >= 4 is 16.9 Å². The Bertz CT molecular complexity index is 935. The van der Waals surface area contributed by atoms with Crippen molar-refractivity contribution < 1.29 is 0 Å². The van der Waals surface area contributed by atoms with Crippen molar-refractivity contribution in [3.63, 3.8) is 0 Å². The molecule has 0 saturated carbocycles. The van der Waals surface area contributed by atoms with Crippen LogP contribution in [0.5, 0.6) is 0 Å². The molecule has 0 fully saturated rings. The first kappa shape index (κ1) is 14.1. The largest absolute Gasteiger partial charge is 0.318 e. The average molecular weight is 324 g/mol. The smallest absolute Gasteiger partial charge is 0.127 e. The molecule has 4 aromatic rings. The molecule has 0 spiro atoms. The molecule has 4 heterocycles. The third-order valence-electron chi connectivity index (χ3n) is 3.68. The zero-order valence-electron chi connectivity index (χ0n) is 12.7. The van der Waals surface area contributed by atoms with Crippen LogP contribution in [0.15, 0.2) is 48.4 Å². The summed E-state index contributed by atoms with van der Waals surface area (Å²) >= 11 is 1.63. The number of thiazole rings is 1. The lowest BCUT2D eigenvalue weighted by molar-refractivity contribution is 0.585. The lowest BCUT2D eigenvalue weighted by atomic mass is 10.2. The number of aromatic nitrogens is 5. The van der Waals surface area contributed by atoms with E-state index >= 15 is 0 Å². The third kappa shape index (κ3) is 2.64. The summed E-state index contributed by atoms with van der Waals surface area (Å²) in [7, 11) is 1.94. The first-order chi connectivity index (χ1) is 11.3. The minimum absolute atomic E-state index is 0.849. The van der Waals surface area contributed by atoms with Gasteiger partial charge in [0.15, 0.2) is 0 Å². The molecule has 1 N–H and O–H groups in total. The van der Waals surface area contributed by atoms with E-state index in [4.69, 9.17) is 4.98 Å². The molecule has 0 aliphatic heterocycles. The maximum atomic E-state index is 4.76. The first-order valence-electron chi connectivity index (χ1n) is 7.41. The Hall–Kier alpha value is -2.51. The second-order valence-corrected chi connectivity index (χ2v) is 6.08. The summed E-state index contributed by atoms with van der Waals surface area (Å²) in [4.78, 5) is 4.76. The second kappa shape index (κ2) is 5.94. The standard InChI is InChI=1S/C16H16N6S/c1-17-5-7-21-10-12(8-18-21)14-11-23-16(20-14)13-9-19-22-6-3-2-4-15(13)22/h2-4,6,8-11,17H,5,7H2,1H3. The van der Waals surface area contributed by atoms with Gasteiger partial charge in [0, 0.05) is 29.9 Å². The topological polar surface area (TPSA) is 60.0 Å². The van der Waals surface area contributed by atoms with Crippen molar-refractivity contribution in [1.29, 1.82) is 0 Å². The van der Waals surface area contributed by atoms with Gasteiger partial charge in [-0.15, -0.1) is 11.3 Å². The molecule has 6 nitrogen and oxygen atoms in total.